The second-order valence-corrected chi connectivity index (χ2v) is 12.3. The molecule has 4 aromatic rings. The average molecular weight is 696 g/mol. The number of hydrogen-bond donors (Lipinski definition) is 3. The minimum atomic E-state index is -4.66. The monoisotopic (exact) mass is 695 g/mol. The maximum atomic E-state index is 13.6. The molecule has 0 spiro atoms. The summed E-state index contributed by atoms with van der Waals surface area (Å²) in [5, 5.41) is 19.9. The second kappa shape index (κ2) is 15.6. The number of hydrogen-bond acceptors (Lipinski definition) is 9. The van der Waals surface area contributed by atoms with Gasteiger partial charge < -0.3 is 30.2 Å². The molecule has 0 aliphatic rings. The molecule has 0 unspecified atom stereocenters. The average Bonchev–Trinajstić information content (AvgIpc) is 3.58. The van der Waals surface area contributed by atoms with Gasteiger partial charge in [0, 0.05) is 36.9 Å². The Bertz CT molecular complexity index is 1870. The van der Waals surface area contributed by atoms with Crippen molar-refractivity contribution in [2.24, 2.45) is 0 Å². The topological polar surface area (TPSA) is 152 Å². The number of pyridine rings is 1. The largest absolute Gasteiger partial charge is 0.467 e. The predicted molar refractivity (Wildman–Crippen MR) is 177 cm³/mol. The molecule has 2 aromatic heterocycles. The number of thiophene rings is 1. The lowest BCUT2D eigenvalue weighted by Gasteiger charge is -2.19. The van der Waals surface area contributed by atoms with Crippen LogP contribution in [0.3, 0.4) is 0 Å². The Kier molecular flexibility index (Phi) is 11.6. The van der Waals surface area contributed by atoms with Crippen LogP contribution in [0.4, 0.5) is 29.5 Å². The van der Waals surface area contributed by atoms with E-state index in [2.05, 4.69) is 27.0 Å². The Morgan fingerprint density at radius 2 is 1.76 bits per heavy atom. The van der Waals surface area contributed by atoms with Crippen molar-refractivity contribution < 1.29 is 41.8 Å². The summed E-state index contributed by atoms with van der Waals surface area (Å²) in [7, 11) is 1.31. The molecular weight excluding hydrogens is 663 g/mol. The Labute approximate surface area is 284 Å². The van der Waals surface area contributed by atoms with Crippen LogP contribution in [-0.2, 0) is 20.4 Å². The molecule has 0 radical (unpaired) electrons. The van der Waals surface area contributed by atoms with Gasteiger partial charge in [0.2, 0.25) is 5.91 Å². The zero-order valence-corrected chi connectivity index (χ0v) is 27.7. The molecule has 256 valence electrons. The first kappa shape index (κ1) is 36.4. The van der Waals surface area contributed by atoms with Crippen LogP contribution in [0.2, 0.25) is 0 Å². The van der Waals surface area contributed by atoms with E-state index >= 15 is 0 Å². The molecule has 49 heavy (non-hydrogen) atoms. The first-order chi connectivity index (χ1) is 23.2. The predicted octanol–water partition coefficient (Wildman–Crippen LogP) is 7.46. The van der Waals surface area contributed by atoms with Crippen LogP contribution in [-0.4, -0.2) is 48.9 Å². The SMILES string of the molecule is COCOc1cc(C(F)(F)F)ccc1-c1cc(-c2cccc(NC(=O)CCNC(=O)OC(C)(C)C)c2)c(C#N)c(NC(=O)c2cccs2)n1. The van der Waals surface area contributed by atoms with Gasteiger partial charge in [0.1, 0.15) is 23.0 Å². The molecule has 0 bridgehead atoms. The second-order valence-electron chi connectivity index (χ2n) is 11.4. The van der Waals surface area contributed by atoms with Crippen molar-refractivity contribution in [2.75, 3.05) is 31.1 Å². The Hall–Kier alpha value is -5.46. The number of methoxy groups -OCH3 is 1. The normalized spacial score (nSPS) is 11.3. The summed E-state index contributed by atoms with van der Waals surface area (Å²) < 4.78 is 56.4. The third kappa shape index (κ3) is 10.0. The number of nitrogens with zero attached hydrogens (tertiary/aromatic N) is 2. The molecule has 0 atom stereocenters. The van der Waals surface area contributed by atoms with E-state index in [-0.39, 0.29) is 53.7 Å². The zero-order chi connectivity index (χ0) is 35.8. The number of anilines is 2. The van der Waals surface area contributed by atoms with Crippen LogP contribution < -0.4 is 20.7 Å². The number of alkyl carbamates (subject to hydrolysis) is 1. The Morgan fingerprint density at radius 3 is 2.41 bits per heavy atom. The number of halogens is 3. The van der Waals surface area contributed by atoms with Gasteiger partial charge in [-0.3, -0.25) is 9.59 Å². The molecule has 2 heterocycles. The Balaban J connectivity index is 1.73. The van der Waals surface area contributed by atoms with E-state index in [1.807, 2.05) is 0 Å². The molecule has 15 heteroatoms. The van der Waals surface area contributed by atoms with Crippen molar-refractivity contribution in [1.82, 2.24) is 10.3 Å². The summed E-state index contributed by atoms with van der Waals surface area (Å²) in [6.45, 7) is 4.80. The number of aromatic nitrogens is 1. The number of alkyl halides is 3. The number of nitriles is 1. The van der Waals surface area contributed by atoms with Gasteiger partial charge in [-0.25, -0.2) is 9.78 Å². The van der Waals surface area contributed by atoms with E-state index < -0.39 is 35.2 Å². The number of carbonyl (C=O) groups excluding carboxylic acids is 3. The highest BCUT2D eigenvalue weighted by atomic mass is 32.1. The van der Waals surface area contributed by atoms with Gasteiger partial charge in [0.05, 0.1) is 16.1 Å². The van der Waals surface area contributed by atoms with Crippen molar-refractivity contribution in [3.05, 3.63) is 82.0 Å². The maximum absolute atomic E-state index is 13.6. The maximum Gasteiger partial charge on any atom is 0.416 e. The molecule has 0 fully saturated rings. The summed E-state index contributed by atoms with van der Waals surface area (Å²) in [6.07, 6.45) is -5.39. The fraction of sp³-hybridized carbons (Fsp3) is 0.265. The molecule has 4 rings (SSSR count). The third-order valence-electron chi connectivity index (χ3n) is 6.50. The highest BCUT2D eigenvalue weighted by molar-refractivity contribution is 7.12. The molecule has 0 saturated carbocycles. The standard InChI is InChI=1S/C34H32F3N5O6S/c1-33(2,3)48-32(45)39-13-12-29(43)40-22-8-5-7-20(15-22)24-17-26(23-11-10-21(34(35,36)37)16-27(23)47-19-46-4)41-30(25(24)18-38)42-31(44)28-9-6-14-49-28/h5-11,14-17H,12-13,19H2,1-4H3,(H,39,45)(H,40,43)(H,41,42,44). The summed E-state index contributed by atoms with van der Waals surface area (Å²) in [4.78, 5) is 42.5. The quantitative estimate of drug-likeness (QED) is 0.137. The number of benzene rings is 2. The van der Waals surface area contributed by atoms with E-state index in [0.717, 1.165) is 23.5 Å². The number of rotatable bonds is 11. The van der Waals surface area contributed by atoms with Crippen LogP contribution in [0.15, 0.2) is 66.0 Å². The van der Waals surface area contributed by atoms with Gasteiger partial charge in [0.25, 0.3) is 5.91 Å². The van der Waals surface area contributed by atoms with Crippen LogP contribution in [0.1, 0.15) is 48.0 Å². The first-order valence-corrected chi connectivity index (χ1v) is 15.6. The van der Waals surface area contributed by atoms with Crippen LogP contribution in [0.25, 0.3) is 22.4 Å². The van der Waals surface area contributed by atoms with Crippen LogP contribution >= 0.6 is 11.3 Å². The summed E-state index contributed by atoms with van der Waals surface area (Å²) in [5.74, 6) is -1.31. The van der Waals surface area contributed by atoms with Crippen molar-refractivity contribution in [3.63, 3.8) is 0 Å². The highest BCUT2D eigenvalue weighted by Crippen LogP contribution is 2.40. The minimum Gasteiger partial charge on any atom is -0.467 e. The van der Waals surface area contributed by atoms with Gasteiger partial charge in [-0.05, 0) is 74.2 Å². The lowest BCUT2D eigenvalue weighted by molar-refractivity contribution is -0.137. The van der Waals surface area contributed by atoms with E-state index in [1.54, 1.807) is 62.5 Å². The molecule has 2 aromatic carbocycles. The van der Waals surface area contributed by atoms with E-state index in [9.17, 15) is 32.8 Å². The number of amides is 3. The van der Waals surface area contributed by atoms with Gasteiger partial charge >= 0.3 is 12.3 Å². The minimum absolute atomic E-state index is 0.0145. The molecule has 0 aliphatic carbocycles. The number of carbonyl (C=O) groups is 3. The van der Waals surface area contributed by atoms with Crippen molar-refractivity contribution in [1.29, 1.82) is 5.26 Å². The third-order valence-corrected chi connectivity index (χ3v) is 7.37. The zero-order valence-electron chi connectivity index (χ0n) is 26.9. The molecule has 11 nitrogen and oxygen atoms in total. The van der Waals surface area contributed by atoms with E-state index in [0.29, 0.717) is 16.1 Å². The van der Waals surface area contributed by atoms with Crippen molar-refractivity contribution >= 4 is 40.7 Å². The van der Waals surface area contributed by atoms with Crippen molar-refractivity contribution in [2.45, 2.75) is 39.0 Å². The Morgan fingerprint density at radius 1 is 0.980 bits per heavy atom. The molecule has 0 saturated heterocycles. The summed E-state index contributed by atoms with van der Waals surface area (Å²) >= 11 is 1.16. The van der Waals surface area contributed by atoms with Crippen LogP contribution in [0, 0.1) is 11.3 Å². The van der Waals surface area contributed by atoms with E-state index in [1.165, 1.54) is 19.2 Å². The molecule has 3 N–H and O–H groups in total. The fourth-order valence-corrected chi connectivity index (χ4v) is 5.04. The van der Waals surface area contributed by atoms with E-state index in [4.69, 9.17) is 14.2 Å². The first-order valence-electron chi connectivity index (χ1n) is 14.7. The number of nitrogens with one attached hydrogen (secondary N) is 3. The summed E-state index contributed by atoms with van der Waals surface area (Å²) in [6, 6.07) is 16.1. The smallest absolute Gasteiger partial charge is 0.416 e. The molecule has 0 aliphatic heterocycles. The van der Waals surface area contributed by atoms with Crippen molar-refractivity contribution in [3.8, 4) is 34.2 Å². The number of ether oxygens (including phenoxy) is 3. The summed E-state index contributed by atoms with van der Waals surface area (Å²) in [5.41, 5.74) is -0.458. The fourth-order valence-electron chi connectivity index (χ4n) is 4.42. The van der Waals surface area contributed by atoms with Gasteiger partial charge in [-0.15, -0.1) is 11.3 Å². The van der Waals surface area contributed by atoms with Crippen LogP contribution in [0.5, 0.6) is 5.75 Å². The van der Waals surface area contributed by atoms with Gasteiger partial charge in [-0.1, -0.05) is 18.2 Å². The van der Waals surface area contributed by atoms with Gasteiger partial charge in [0.15, 0.2) is 12.6 Å². The van der Waals surface area contributed by atoms with Gasteiger partial charge in [-0.2, -0.15) is 18.4 Å². The molecule has 3 amide bonds. The highest BCUT2D eigenvalue weighted by Gasteiger charge is 2.32. The lowest BCUT2D eigenvalue weighted by atomic mass is 9.97. The molecular formula is C34H32F3N5O6S. The lowest BCUT2D eigenvalue weighted by Crippen LogP contribution is -2.34.